The fraction of sp³-hybridized carbons (Fsp3) is 0.558. The summed E-state index contributed by atoms with van der Waals surface area (Å²) in [6, 6.07) is 10.6. The lowest BCUT2D eigenvalue weighted by Crippen LogP contribution is -2.64. The first-order valence-electron chi connectivity index (χ1n) is 19.3. The fourth-order valence-electron chi connectivity index (χ4n) is 10.9. The number of pyridine rings is 1. The summed E-state index contributed by atoms with van der Waals surface area (Å²) < 4.78 is 20.2. The lowest BCUT2D eigenvalue weighted by Gasteiger charge is -2.69. The molecule has 4 saturated carbocycles. The van der Waals surface area contributed by atoms with Crippen LogP contribution in [0, 0.1) is 23.2 Å². The van der Waals surface area contributed by atoms with Crippen LogP contribution in [-0.4, -0.2) is 72.8 Å². The topological polar surface area (TPSA) is 158 Å². The minimum Gasteiger partial charge on any atom is -0.478 e. The van der Waals surface area contributed by atoms with E-state index < -0.39 is 29.2 Å². The van der Waals surface area contributed by atoms with Gasteiger partial charge >= 0.3 is 18.0 Å². The SMILES string of the molecule is Cc1c(-c2ccc(-c3cc4cccc(C(=O)O)c4[nH]3)nc2C(=O)OC(C)(C)C)cnn1CC12CC3(C)CC(C)(C1)CC(OCCNC(=O)OC(C)(C)C)(C3)C2. The molecule has 4 bridgehead atoms. The maximum atomic E-state index is 13.8. The number of ether oxygens (including phenoxy) is 3. The molecule has 12 heteroatoms. The van der Waals surface area contributed by atoms with Crippen LogP contribution in [0.3, 0.4) is 0 Å². The first-order chi connectivity index (χ1) is 25.6. The summed E-state index contributed by atoms with van der Waals surface area (Å²) in [4.78, 5) is 46.1. The minimum atomic E-state index is -1.03. The molecule has 0 radical (unpaired) electrons. The highest BCUT2D eigenvalue weighted by Gasteiger charge is 2.66. The molecule has 0 aliphatic heterocycles. The minimum absolute atomic E-state index is 0.0363. The first kappa shape index (κ1) is 38.6. The van der Waals surface area contributed by atoms with Gasteiger partial charge in [-0.25, -0.2) is 19.4 Å². The predicted octanol–water partition coefficient (Wildman–Crippen LogP) is 8.72. The normalized spacial score (nSPS) is 26.0. The van der Waals surface area contributed by atoms with Gasteiger partial charge in [0, 0.05) is 35.3 Å². The molecule has 0 spiro atoms. The van der Waals surface area contributed by atoms with Gasteiger partial charge in [-0.2, -0.15) is 5.10 Å². The van der Waals surface area contributed by atoms with Crippen LogP contribution in [0.15, 0.2) is 42.6 Å². The van der Waals surface area contributed by atoms with Crippen molar-refractivity contribution in [3.63, 3.8) is 0 Å². The van der Waals surface area contributed by atoms with E-state index in [1.807, 2.05) is 78.9 Å². The number of nitrogens with zero attached hydrogens (tertiary/aromatic N) is 3. The van der Waals surface area contributed by atoms with Gasteiger partial charge in [-0.3, -0.25) is 4.68 Å². The average Bonchev–Trinajstić information content (AvgIpc) is 3.62. The Labute approximate surface area is 322 Å². The molecule has 2 atom stereocenters. The summed E-state index contributed by atoms with van der Waals surface area (Å²) in [7, 11) is 0. The van der Waals surface area contributed by atoms with Crippen LogP contribution in [-0.2, 0) is 20.8 Å². The van der Waals surface area contributed by atoms with Gasteiger partial charge in [-0.15, -0.1) is 0 Å². The number of carboxylic acid groups (broad SMARTS) is 1. The molecule has 12 nitrogen and oxygen atoms in total. The van der Waals surface area contributed by atoms with Gasteiger partial charge in [0.25, 0.3) is 0 Å². The summed E-state index contributed by atoms with van der Waals surface area (Å²) in [5.74, 6) is -1.59. The molecule has 2 unspecified atom stereocenters. The van der Waals surface area contributed by atoms with Crippen molar-refractivity contribution < 1.29 is 33.7 Å². The van der Waals surface area contributed by atoms with E-state index in [2.05, 4.69) is 28.8 Å². The lowest BCUT2D eigenvalue weighted by atomic mass is 9.39. The third kappa shape index (κ3) is 7.88. The summed E-state index contributed by atoms with van der Waals surface area (Å²) >= 11 is 0. The molecule has 1 aromatic carbocycles. The van der Waals surface area contributed by atoms with Crippen LogP contribution >= 0.6 is 0 Å². The number of esters is 1. The molecule has 294 valence electrons. The molecule has 3 aromatic heterocycles. The number of para-hydroxylation sites is 1. The van der Waals surface area contributed by atoms with Crippen molar-refractivity contribution in [3.05, 3.63) is 59.5 Å². The number of carbonyl (C=O) groups is 3. The Morgan fingerprint density at radius 3 is 2.25 bits per heavy atom. The zero-order valence-electron chi connectivity index (χ0n) is 33.6. The zero-order chi connectivity index (χ0) is 39.8. The number of alkyl carbamates (subject to hydrolysis) is 1. The number of aromatic carboxylic acids is 1. The number of rotatable bonds is 10. The monoisotopic (exact) mass is 753 g/mol. The number of nitrogens with one attached hydrogen (secondary N) is 2. The van der Waals surface area contributed by atoms with Gasteiger partial charge in [-0.1, -0.05) is 26.0 Å². The third-order valence-corrected chi connectivity index (χ3v) is 11.4. The van der Waals surface area contributed by atoms with E-state index in [0.717, 1.165) is 61.7 Å². The Bertz CT molecular complexity index is 2150. The highest BCUT2D eigenvalue weighted by atomic mass is 16.6. The molecule has 4 aliphatic carbocycles. The summed E-state index contributed by atoms with van der Waals surface area (Å²) in [6.07, 6.45) is 7.63. The van der Waals surface area contributed by atoms with Crippen molar-refractivity contribution in [1.82, 2.24) is 25.1 Å². The molecule has 4 fully saturated rings. The number of benzene rings is 1. The average molecular weight is 754 g/mol. The number of hydrogen-bond acceptors (Lipinski definition) is 8. The van der Waals surface area contributed by atoms with E-state index in [0.29, 0.717) is 35.6 Å². The molecule has 55 heavy (non-hydrogen) atoms. The molecular weight excluding hydrogens is 699 g/mol. The van der Waals surface area contributed by atoms with Gasteiger partial charge in [0.05, 0.1) is 40.9 Å². The summed E-state index contributed by atoms with van der Waals surface area (Å²) in [6.45, 7) is 19.4. The van der Waals surface area contributed by atoms with Crippen molar-refractivity contribution in [2.24, 2.45) is 16.2 Å². The molecular formula is C43H55N5O7. The van der Waals surface area contributed by atoms with Gasteiger partial charge in [-0.05, 0) is 128 Å². The second-order valence-corrected chi connectivity index (χ2v) is 19.3. The number of hydrogen-bond donors (Lipinski definition) is 3. The Morgan fingerprint density at radius 1 is 0.909 bits per heavy atom. The Hall–Kier alpha value is -4.71. The lowest BCUT2D eigenvalue weighted by molar-refractivity contribution is -0.247. The third-order valence-electron chi connectivity index (χ3n) is 11.4. The molecule has 4 aliphatic rings. The summed E-state index contributed by atoms with van der Waals surface area (Å²) in [5.41, 5.74) is 2.86. The van der Waals surface area contributed by atoms with Crippen LogP contribution in [0.5, 0.6) is 0 Å². The van der Waals surface area contributed by atoms with Crippen LogP contribution in [0.2, 0.25) is 0 Å². The molecule has 0 saturated heterocycles. The van der Waals surface area contributed by atoms with Crippen molar-refractivity contribution in [3.8, 4) is 22.5 Å². The number of fused-ring (bicyclic) bond motifs is 1. The Morgan fingerprint density at radius 2 is 1.60 bits per heavy atom. The van der Waals surface area contributed by atoms with E-state index in [1.54, 1.807) is 12.1 Å². The first-order valence-corrected chi connectivity index (χ1v) is 19.3. The van der Waals surface area contributed by atoms with Gasteiger partial charge in [0.2, 0.25) is 0 Å². The molecule has 3 N–H and O–H groups in total. The molecule has 8 rings (SSSR count). The van der Waals surface area contributed by atoms with Crippen molar-refractivity contribution in [2.45, 2.75) is 124 Å². The van der Waals surface area contributed by atoms with E-state index in [4.69, 9.17) is 24.3 Å². The standard InChI is InChI=1S/C43H55N5O7/c1-26-30(28-13-14-31(46-34(28)36(51)54-38(2,3)4)32-17-27-11-10-12-29(35(49)50)33(27)47-32)18-45-48(26)25-42-20-40(8)19-41(9,21-42)23-43(22-40,24-42)53-16-15-44-37(52)55-39(5,6)7/h10-14,17-18,47H,15-16,19-25H2,1-9H3,(H,44,52)(H,49,50). The number of aromatic amines is 1. The Kier molecular flexibility index (Phi) is 9.26. The number of carbonyl (C=O) groups excluding carboxylic acids is 2. The maximum Gasteiger partial charge on any atom is 0.407 e. The van der Waals surface area contributed by atoms with Crippen LogP contribution in [0.4, 0.5) is 4.79 Å². The highest BCUT2D eigenvalue weighted by molar-refractivity contribution is 6.03. The fourth-order valence-corrected chi connectivity index (χ4v) is 10.9. The van der Waals surface area contributed by atoms with Crippen molar-refractivity contribution >= 4 is 28.9 Å². The van der Waals surface area contributed by atoms with Gasteiger partial charge in [0.1, 0.15) is 11.2 Å². The molecule has 3 heterocycles. The zero-order valence-corrected chi connectivity index (χ0v) is 33.6. The van der Waals surface area contributed by atoms with Crippen molar-refractivity contribution in [1.29, 1.82) is 0 Å². The van der Waals surface area contributed by atoms with Gasteiger partial charge in [0.15, 0.2) is 5.69 Å². The Balaban J connectivity index is 1.17. The largest absolute Gasteiger partial charge is 0.478 e. The van der Waals surface area contributed by atoms with E-state index >= 15 is 0 Å². The second-order valence-electron chi connectivity index (χ2n) is 19.3. The molecule has 1 amide bonds. The van der Waals surface area contributed by atoms with Crippen molar-refractivity contribution in [2.75, 3.05) is 13.2 Å². The number of H-pyrrole nitrogens is 1. The predicted molar refractivity (Wildman–Crippen MR) is 209 cm³/mol. The highest BCUT2D eigenvalue weighted by Crippen LogP contribution is 2.72. The van der Waals surface area contributed by atoms with E-state index in [9.17, 15) is 19.5 Å². The smallest absolute Gasteiger partial charge is 0.407 e. The number of carboxylic acids is 1. The van der Waals surface area contributed by atoms with Crippen LogP contribution < -0.4 is 5.32 Å². The van der Waals surface area contributed by atoms with Crippen LogP contribution in [0.25, 0.3) is 33.4 Å². The quantitative estimate of drug-likeness (QED) is 0.106. The maximum absolute atomic E-state index is 13.8. The number of aromatic nitrogens is 4. The van der Waals surface area contributed by atoms with Crippen LogP contribution in [0.1, 0.15) is 120 Å². The summed E-state index contributed by atoms with van der Waals surface area (Å²) in [5, 5.41) is 18.3. The van der Waals surface area contributed by atoms with Gasteiger partial charge < -0.3 is 29.6 Å². The molecule has 4 aromatic rings. The van der Waals surface area contributed by atoms with E-state index in [1.165, 1.54) is 0 Å². The van der Waals surface area contributed by atoms with E-state index in [-0.39, 0.29) is 33.1 Å². The number of amides is 1. The second kappa shape index (κ2) is 13.2.